The van der Waals surface area contributed by atoms with Crippen molar-refractivity contribution < 1.29 is 9.50 Å². The third-order valence-corrected chi connectivity index (χ3v) is 3.53. The van der Waals surface area contributed by atoms with Crippen LogP contribution in [0.4, 0.5) is 4.39 Å². The SMILES string of the molecule is Cl.N[C@H](CCF)c1cc(I)c(O)c(I)c1. The van der Waals surface area contributed by atoms with Gasteiger partial charge in [0.15, 0.2) is 0 Å². The molecule has 0 aromatic heterocycles. The molecule has 1 rings (SSSR count). The fraction of sp³-hybridized carbons (Fsp3) is 0.333. The molecule has 0 saturated heterocycles. The summed E-state index contributed by atoms with van der Waals surface area (Å²) in [6.45, 7) is -0.421. The molecule has 0 aliphatic carbocycles. The standard InChI is InChI=1S/C9H10FI2NO.ClH/c10-2-1-8(13)5-3-6(11)9(14)7(12)4-5;/h3-4,8,14H,1-2,13H2;1H/t8-;/m1./s1. The Kier molecular flexibility index (Phi) is 7.39. The van der Waals surface area contributed by atoms with Gasteiger partial charge in [0.05, 0.1) is 13.8 Å². The molecule has 0 radical (unpaired) electrons. The first kappa shape index (κ1) is 15.7. The van der Waals surface area contributed by atoms with Crippen LogP contribution in [0.2, 0.25) is 0 Å². The Bertz CT molecular complexity index is 315. The molecule has 0 aliphatic rings. The minimum Gasteiger partial charge on any atom is -0.506 e. The third-order valence-electron chi connectivity index (χ3n) is 1.89. The van der Waals surface area contributed by atoms with E-state index < -0.39 is 6.67 Å². The molecule has 1 atom stereocenters. The van der Waals surface area contributed by atoms with Gasteiger partial charge in [0.25, 0.3) is 0 Å². The van der Waals surface area contributed by atoms with Crippen molar-refractivity contribution in [3.05, 3.63) is 24.8 Å². The molecular formula is C9H11ClFI2NO. The first-order valence-corrected chi connectivity index (χ1v) is 6.21. The molecule has 0 unspecified atom stereocenters. The molecule has 15 heavy (non-hydrogen) atoms. The van der Waals surface area contributed by atoms with E-state index >= 15 is 0 Å². The molecular weight excluding hydrogens is 446 g/mol. The van der Waals surface area contributed by atoms with Crippen molar-refractivity contribution >= 4 is 57.6 Å². The van der Waals surface area contributed by atoms with Crippen LogP contribution in [-0.2, 0) is 0 Å². The lowest BCUT2D eigenvalue weighted by Gasteiger charge is -2.12. The van der Waals surface area contributed by atoms with Gasteiger partial charge in [-0.3, -0.25) is 4.39 Å². The van der Waals surface area contributed by atoms with E-state index in [0.29, 0.717) is 6.42 Å². The number of nitrogens with two attached hydrogens (primary N) is 1. The van der Waals surface area contributed by atoms with Gasteiger partial charge < -0.3 is 10.8 Å². The zero-order valence-electron chi connectivity index (χ0n) is 7.71. The number of phenolic OH excluding ortho intramolecular Hbond substituents is 1. The number of halogens is 4. The maximum atomic E-state index is 12.1. The van der Waals surface area contributed by atoms with Crippen molar-refractivity contribution in [2.75, 3.05) is 6.67 Å². The van der Waals surface area contributed by atoms with Crippen molar-refractivity contribution in [1.29, 1.82) is 0 Å². The molecule has 0 saturated carbocycles. The second-order valence-corrected chi connectivity index (χ2v) is 5.24. The van der Waals surface area contributed by atoms with Crippen molar-refractivity contribution in [1.82, 2.24) is 0 Å². The molecule has 2 nitrogen and oxygen atoms in total. The van der Waals surface area contributed by atoms with E-state index in [2.05, 4.69) is 0 Å². The number of hydrogen-bond donors (Lipinski definition) is 2. The molecule has 3 N–H and O–H groups in total. The zero-order valence-corrected chi connectivity index (χ0v) is 12.8. The van der Waals surface area contributed by atoms with Crippen LogP contribution < -0.4 is 5.73 Å². The highest BCUT2D eigenvalue weighted by atomic mass is 127. The molecule has 0 aliphatic heterocycles. The van der Waals surface area contributed by atoms with E-state index in [9.17, 15) is 9.50 Å². The van der Waals surface area contributed by atoms with E-state index in [1.165, 1.54) is 0 Å². The van der Waals surface area contributed by atoms with Gasteiger partial charge in [-0.2, -0.15) is 0 Å². The first-order valence-electron chi connectivity index (χ1n) is 4.05. The predicted octanol–water partition coefficient (Wildman–Crippen LogP) is 3.38. The van der Waals surface area contributed by atoms with Crippen LogP contribution in [0.15, 0.2) is 12.1 Å². The van der Waals surface area contributed by atoms with E-state index in [1.807, 2.05) is 45.2 Å². The maximum absolute atomic E-state index is 12.1. The van der Waals surface area contributed by atoms with Gasteiger partial charge in [-0.25, -0.2) is 0 Å². The lowest BCUT2D eigenvalue weighted by molar-refractivity contribution is 0.440. The van der Waals surface area contributed by atoms with Crippen molar-refractivity contribution in [3.63, 3.8) is 0 Å². The van der Waals surface area contributed by atoms with Gasteiger partial charge in [-0.15, -0.1) is 12.4 Å². The van der Waals surface area contributed by atoms with E-state index in [4.69, 9.17) is 5.73 Å². The fourth-order valence-electron chi connectivity index (χ4n) is 1.08. The van der Waals surface area contributed by atoms with Crippen LogP contribution >= 0.6 is 57.6 Å². The minimum absolute atomic E-state index is 0. The average Bonchev–Trinajstić information content (AvgIpc) is 2.13. The quantitative estimate of drug-likeness (QED) is 0.684. The van der Waals surface area contributed by atoms with Gasteiger partial charge >= 0.3 is 0 Å². The Hall–Kier alpha value is 0.660. The molecule has 0 spiro atoms. The van der Waals surface area contributed by atoms with Crippen LogP contribution in [0.3, 0.4) is 0 Å². The Morgan fingerprint density at radius 2 is 1.80 bits per heavy atom. The molecule has 86 valence electrons. The summed E-state index contributed by atoms with van der Waals surface area (Å²) in [5.74, 6) is 0.266. The second-order valence-electron chi connectivity index (χ2n) is 2.92. The summed E-state index contributed by atoms with van der Waals surface area (Å²) in [7, 11) is 0. The van der Waals surface area contributed by atoms with E-state index in [1.54, 1.807) is 12.1 Å². The summed E-state index contributed by atoms with van der Waals surface area (Å²) < 4.78 is 13.6. The number of benzene rings is 1. The summed E-state index contributed by atoms with van der Waals surface area (Å²) in [6, 6.07) is 3.29. The lowest BCUT2D eigenvalue weighted by Crippen LogP contribution is -2.11. The fourth-order valence-corrected chi connectivity index (χ4v) is 2.90. The second kappa shape index (κ2) is 7.08. The van der Waals surface area contributed by atoms with Gasteiger partial charge in [0, 0.05) is 6.04 Å². The Balaban J connectivity index is 0.00000196. The summed E-state index contributed by atoms with van der Waals surface area (Å²) in [5, 5.41) is 9.51. The Morgan fingerprint density at radius 1 is 1.33 bits per heavy atom. The maximum Gasteiger partial charge on any atom is 0.142 e. The number of rotatable bonds is 3. The summed E-state index contributed by atoms with van der Waals surface area (Å²) >= 11 is 4.07. The Labute approximate surface area is 122 Å². The summed E-state index contributed by atoms with van der Waals surface area (Å²) in [4.78, 5) is 0. The van der Waals surface area contributed by atoms with E-state index in [-0.39, 0.29) is 24.2 Å². The highest BCUT2D eigenvalue weighted by Crippen LogP contribution is 2.29. The Morgan fingerprint density at radius 3 is 2.20 bits per heavy atom. The van der Waals surface area contributed by atoms with Gasteiger partial charge in [0.2, 0.25) is 0 Å². The largest absolute Gasteiger partial charge is 0.506 e. The average molecular weight is 457 g/mol. The smallest absolute Gasteiger partial charge is 0.142 e. The molecule has 0 amide bonds. The number of phenols is 1. The summed E-state index contributed by atoms with van der Waals surface area (Å²) in [5.41, 5.74) is 6.63. The predicted molar refractivity (Wildman–Crippen MR) is 78.3 cm³/mol. The molecule has 6 heteroatoms. The topological polar surface area (TPSA) is 46.2 Å². The highest BCUT2D eigenvalue weighted by molar-refractivity contribution is 14.1. The number of hydrogen-bond acceptors (Lipinski definition) is 2. The molecule has 1 aromatic rings. The van der Waals surface area contributed by atoms with Crippen molar-refractivity contribution in [2.45, 2.75) is 12.5 Å². The molecule has 0 heterocycles. The number of alkyl halides is 1. The van der Waals surface area contributed by atoms with Crippen LogP contribution in [0.1, 0.15) is 18.0 Å². The van der Waals surface area contributed by atoms with Crippen molar-refractivity contribution in [2.24, 2.45) is 5.73 Å². The first-order chi connectivity index (χ1) is 6.56. The lowest BCUT2D eigenvalue weighted by atomic mass is 10.1. The van der Waals surface area contributed by atoms with Crippen LogP contribution in [0.25, 0.3) is 0 Å². The monoisotopic (exact) mass is 457 g/mol. The summed E-state index contributed by atoms with van der Waals surface area (Å²) in [6.07, 6.45) is 0.316. The van der Waals surface area contributed by atoms with E-state index in [0.717, 1.165) is 12.7 Å². The zero-order chi connectivity index (χ0) is 10.7. The molecule has 1 aromatic carbocycles. The molecule has 0 fully saturated rings. The van der Waals surface area contributed by atoms with Crippen LogP contribution in [0, 0.1) is 7.14 Å². The van der Waals surface area contributed by atoms with Crippen molar-refractivity contribution in [3.8, 4) is 5.75 Å². The van der Waals surface area contributed by atoms with Gasteiger partial charge in [0.1, 0.15) is 5.75 Å². The molecule has 0 bridgehead atoms. The normalized spacial score (nSPS) is 12.0. The van der Waals surface area contributed by atoms with Crippen LogP contribution in [-0.4, -0.2) is 11.8 Å². The van der Waals surface area contributed by atoms with Gasteiger partial charge in [-0.05, 0) is 69.3 Å². The van der Waals surface area contributed by atoms with Crippen LogP contribution in [0.5, 0.6) is 5.75 Å². The number of aromatic hydroxyl groups is 1. The van der Waals surface area contributed by atoms with Gasteiger partial charge in [-0.1, -0.05) is 0 Å². The minimum atomic E-state index is -0.421. The highest BCUT2D eigenvalue weighted by Gasteiger charge is 2.11. The third kappa shape index (κ3) is 4.20.